The van der Waals surface area contributed by atoms with Gasteiger partial charge in [-0.15, -0.1) is 0 Å². The molecule has 1 aromatic carbocycles. The average Bonchev–Trinajstić information content (AvgIpc) is 2.72. The number of nitrogens with two attached hydrogens (primary N) is 1. The van der Waals surface area contributed by atoms with E-state index in [1.165, 1.54) is 6.20 Å². The lowest BCUT2D eigenvalue weighted by atomic mass is 9.91. The molecule has 30 heavy (non-hydrogen) atoms. The Morgan fingerprint density at radius 1 is 1.20 bits per heavy atom. The number of alkyl halides is 3. The maximum absolute atomic E-state index is 13.7. The topological polar surface area (TPSA) is 77.2 Å². The number of nitrogens with zero attached hydrogens (tertiary/aromatic N) is 4. The zero-order valence-corrected chi connectivity index (χ0v) is 16.3. The largest absolute Gasteiger partial charge is 0.470 e. The van der Waals surface area contributed by atoms with Gasteiger partial charge in [0.25, 0.3) is 5.88 Å². The molecule has 6 nitrogen and oxygen atoms in total. The summed E-state index contributed by atoms with van der Waals surface area (Å²) in [6, 6.07) is 6.44. The Kier molecular flexibility index (Phi) is 5.29. The van der Waals surface area contributed by atoms with Crippen LogP contribution in [0.4, 0.5) is 19.0 Å². The van der Waals surface area contributed by atoms with Crippen LogP contribution in [0.25, 0.3) is 11.3 Å². The van der Waals surface area contributed by atoms with Crippen LogP contribution >= 0.6 is 0 Å². The average molecular weight is 415 g/mol. The molecule has 0 saturated heterocycles. The molecule has 1 aliphatic rings. The molecular weight excluding hydrogens is 395 g/mol. The Balaban J connectivity index is 1.70. The number of likely N-dealkylation sites (N-methyl/N-ethyl adjacent to an activating group) is 1. The monoisotopic (exact) mass is 415 g/mol. The smallest absolute Gasteiger partial charge is 0.416 e. The number of ether oxygens (including phenoxy) is 1. The van der Waals surface area contributed by atoms with Crippen LogP contribution < -0.4 is 10.5 Å². The van der Waals surface area contributed by atoms with Crippen molar-refractivity contribution in [1.29, 1.82) is 0 Å². The minimum Gasteiger partial charge on any atom is -0.470 e. The molecule has 0 aliphatic carbocycles. The van der Waals surface area contributed by atoms with Gasteiger partial charge in [-0.25, -0.2) is 9.97 Å². The minimum atomic E-state index is -4.45. The Morgan fingerprint density at radius 3 is 2.70 bits per heavy atom. The molecule has 0 saturated carbocycles. The molecule has 0 spiro atoms. The first-order valence-corrected chi connectivity index (χ1v) is 9.37. The molecular formula is C21H20F3N5O. The van der Waals surface area contributed by atoms with E-state index in [2.05, 4.69) is 15.0 Å². The Hall–Kier alpha value is -3.20. The summed E-state index contributed by atoms with van der Waals surface area (Å²) >= 11 is 0. The molecule has 9 heteroatoms. The van der Waals surface area contributed by atoms with Gasteiger partial charge < -0.3 is 15.4 Å². The molecule has 0 radical (unpaired) electrons. The minimum absolute atomic E-state index is 0.0709. The molecule has 4 rings (SSSR count). The fraction of sp³-hybridized carbons (Fsp3) is 0.286. The van der Waals surface area contributed by atoms with E-state index in [0.29, 0.717) is 36.2 Å². The number of pyridine rings is 1. The van der Waals surface area contributed by atoms with Crippen LogP contribution in [0, 0.1) is 0 Å². The van der Waals surface area contributed by atoms with Crippen LogP contribution in [0.15, 0.2) is 42.9 Å². The van der Waals surface area contributed by atoms with Crippen molar-refractivity contribution in [2.75, 3.05) is 19.3 Å². The van der Waals surface area contributed by atoms with Crippen LogP contribution in [0.3, 0.4) is 0 Å². The van der Waals surface area contributed by atoms with Crippen LogP contribution in [0.2, 0.25) is 0 Å². The van der Waals surface area contributed by atoms with Gasteiger partial charge in [-0.1, -0.05) is 0 Å². The normalized spacial score (nSPS) is 14.4. The van der Waals surface area contributed by atoms with Crippen molar-refractivity contribution in [3.63, 3.8) is 0 Å². The number of hydrogen-bond acceptors (Lipinski definition) is 6. The highest BCUT2D eigenvalue weighted by atomic mass is 19.4. The van der Waals surface area contributed by atoms with Crippen molar-refractivity contribution < 1.29 is 17.9 Å². The van der Waals surface area contributed by atoms with Gasteiger partial charge in [-0.3, -0.25) is 4.98 Å². The molecule has 3 aromatic rings. The summed E-state index contributed by atoms with van der Waals surface area (Å²) in [4.78, 5) is 14.3. The van der Waals surface area contributed by atoms with E-state index in [1.54, 1.807) is 30.6 Å². The highest BCUT2D eigenvalue weighted by Crippen LogP contribution is 2.38. The summed E-state index contributed by atoms with van der Waals surface area (Å²) in [7, 11) is 1.89. The van der Waals surface area contributed by atoms with E-state index >= 15 is 0 Å². The molecule has 0 fully saturated rings. The number of hydrogen-bond donors (Lipinski definition) is 1. The van der Waals surface area contributed by atoms with Crippen LogP contribution in [-0.2, 0) is 25.7 Å². The summed E-state index contributed by atoms with van der Waals surface area (Å²) in [5.74, 6) is 0.147. The maximum Gasteiger partial charge on any atom is 0.416 e. The van der Waals surface area contributed by atoms with Crippen molar-refractivity contribution in [3.8, 4) is 17.1 Å². The number of nitrogen functional groups attached to an aromatic ring is 1. The third-order valence-corrected chi connectivity index (χ3v) is 5.02. The van der Waals surface area contributed by atoms with Crippen LogP contribution in [0.5, 0.6) is 5.88 Å². The van der Waals surface area contributed by atoms with Crippen molar-refractivity contribution in [1.82, 2.24) is 19.9 Å². The molecule has 0 unspecified atom stereocenters. The first-order valence-electron chi connectivity index (χ1n) is 9.37. The molecule has 156 valence electrons. The molecule has 0 amide bonds. The molecule has 0 bridgehead atoms. The molecule has 2 aromatic heterocycles. The molecule has 1 aliphatic heterocycles. The third-order valence-electron chi connectivity index (χ3n) is 5.02. The predicted octanol–water partition coefficient (Wildman–Crippen LogP) is 3.71. The molecule has 3 heterocycles. The number of fused-ring (bicyclic) bond motifs is 1. The number of anilines is 1. The van der Waals surface area contributed by atoms with Gasteiger partial charge in [-0.05, 0) is 54.4 Å². The van der Waals surface area contributed by atoms with Crippen molar-refractivity contribution >= 4 is 5.82 Å². The first kappa shape index (κ1) is 20.1. The second kappa shape index (κ2) is 7.91. The summed E-state index contributed by atoms with van der Waals surface area (Å²) in [5.41, 5.74) is 7.69. The molecule has 0 atom stereocenters. The van der Waals surface area contributed by atoms with E-state index in [4.69, 9.17) is 10.5 Å². The van der Waals surface area contributed by atoms with Gasteiger partial charge in [0.1, 0.15) is 6.61 Å². The van der Waals surface area contributed by atoms with Crippen molar-refractivity contribution in [3.05, 3.63) is 65.1 Å². The number of rotatable bonds is 4. The van der Waals surface area contributed by atoms with Gasteiger partial charge >= 0.3 is 6.18 Å². The first-order chi connectivity index (χ1) is 14.3. The Morgan fingerprint density at radius 2 is 1.97 bits per heavy atom. The summed E-state index contributed by atoms with van der Waals surface area (Å²) in [6.07, 6.45) is 0.537. The fourth-order valence-electron chi connectivity index (χ4n) is 3.50. The highest BCUT2D eigenvalue weighted by Gasteiger charge is 2.36. The van der Waals surface area contributed by atoms with Crippen LogP contribution in [-0.4, -0.2) is 33.4 Å². The zero-order chi connectivity index (χ0) is 21.3. The summed E-state index contributed by atoms with van der Waals surface area (Å²) in [6.45, 7) is 1.22. The van der Waals surface area contributed by atoms with E-state index in [-0.39, 0.29) is 24.0 Å². The maximum atomic E-state index is 13.7. The number of halogens is 3. The summed E-state index contributed by atoms with van der Waals surface area (Å²) in [5, 5.41) is 0. The zero-order valence-electron chi connectivity index (χ0n) is 16.3. The second-order valence-electron chi connectivity index (χ2n) is 7.24. The molecule has 2 N–H and O–H groups in total. The van der Waals surface area contributed by atoms with E-state index < -0.39 is 11.7 Å². The van der Waals surface area contributed by atoms with Gasteiger partial charge in [0, 0.05) is 31.0 Å². The van der Waals surface area contributed by atoms with Gasteiger partial charge in [0.15, 0.2) is 5.82 Å². The second-order valence-corrected chi connectivity index (χ2v) is 7.24. The lowest BCUT2D eigenvalue weighted by Gasteiger charge is -2.28. The quantitative estimate of drug-likeness (QED) is 0.700. The Bertz CT molecular complexity index is 1060. The van der Waals surface area contributed by atoms with Gasteiger partial charge in [0.05, 0.1) is 17.5 Å². The fourth-order valence-corrected chi connectivity index (χ4v) is 3.50. The standard InChI is InChI=1S/C21H20F3N5O/c1-29-7-4-16-15(11-29)8-14(9-17(16)21(22,23)24)18-10-27-19(25)20(28-18)30-12-13-2-5-26-6-3-13/h2-3,5-6,8-10H,4,7,11-12H2,1H3,(H2,25,27). The van der Waals surface area contributed by atoms with Gasteiger partial charge in [-0.2, -0.15) is 13.2 Å². The highest BCUT2D eigenvalue weighted by molar-refractivity contribution is 5.65. The van der Waals surface area contributed by atoms with E-state index in [1.807, 2.05) is 11.9 Å². The van der Waals surface area contributed by atoms with Crippen LogP contribution in [0.1, 0.15) is 22.3 Å². The predicted molar refractivity (Wildman–Crippen MR) is 105 cm³/mol. The van der Waals surface area contributed by atoms with Gasteiger partial charge in [0.2, 0.25) is 0 Å². The van der Waals surface area contributed by atoms with Crippen molar-refractivity contribution in [2.45, 2.75) is 25.7 Å². The van der Waals surface area contributed by atoms with E-state index in [9.17, 15) is 13.2 Å². The third kappa shape index (κ3) is 4.20. The Labute approximate surface area is 171 Å². The number of benzene rings is 1. The van der Waals surface area contributed by atoms with Crippen molar-refractivity contribution in [2.24, 2.45) is 0 Å². The number of aromatic nitrogens is 3. The lowest BCUT2D eigenvalue weighted by molar-refractivity contribution is -0.138. The summed E-state index contributed by atoms with van der Waals surface area (Å²) < 4.78 is 46.8. The SMILES string of the molecule is CN1CCc2c(cc(-c3cnc(N)c(OCc4ccncc4)n3)cc2C(F)(F)F)C1. The lowest BCUT2D eigenvalue weighted by Crippen LogP contribution is -2.28. The van der Waals surface area contributed by atoms with E-state index in [0.717, 1.165) is 11.6 Å².